The van der Waals surface area contributed by atoms with Gasteiger partial charge in [-0.2, -0.15) is 0 Å². The van der Waals surface area contributed by atoms with Gasteiger partial charge in [0, 0.05) is 50.4 Å². The third-order valence-corrected chi connectivity index (χ3v) is 7.64. The van der Waals surface area contributed by atoms with Gasteiger partial charge in [-0.1, -0.05) is 36.4 Å². The SMILES string of the molecule is Cc1ccc(C(=O)N2CCC(N3CC4CCN(Cc5ccccc5)C4C3)CC2)cc1O. The molecule has 0 saturated carbocycles. The first-order valence-electron chi connectivity index (χ1n) is 11.7. The molecule has 2 atom stereocenters. The molecule has 2 aromatic rings. The average molecular weight is 420 g/mol. The molecule has 31 heavy (non-hydrogen) atoms. The molecule has 0 aliphatic carbocycles. The highest BCUT2D eigenvalue weighted by Gasteiger charge is 2.43. The molecule has 3 fully saturated rings. The topological polar surface area (TPSA) is 47.0 Å². The number of piperidine rings is 1. The summed E-state index contributed by atoms with van der Waals surface area (Å²) < 4.78 is 0. The van der Waals surface area contributed by atoms with Crippen molar-refractivity contribution in [3.8, 4) is 5.75 Å². The molecule has 3 saturated heterocycles. The molecule has 0 spiro atoms. The summed E-state index contributed by atoms with van der Waals surface area (Å²) in [7, 11) is 0. The number of hydrogen-bond acceptors (Lipinski definition) is 4. The standard InChI is InChI=1S/C26H33N3O2/c1-19-7-8-21(15-25(19)30)26(31)27-13-10-23(11-14-27)29-17-22-9-12-28(24(22)18-29)16-20-5-3-2-4-6-20/h2-8,15,22-24,30H,9-14,16-18H2,1H3. The zero-order valence-electron chi connectivity index (χ0n) is 18.4. The van der Waals surface area contributed by atoms with Crippen LogP contribution in [0.25, 0.3) is 0 Å². The zero-order chi connectivity index (χ0) is 21.4. The van der Waals surface area contributed by atoms with Crippen LogP contribution < -0.4 is 0 Å². The fraction of sp³-hybridized carbons (Fsp3) is 0.500. The Labute approximate surface area is 185 Å². The van der Waals surface area contributed by atoms with Crippen molar-refractivity contribution in [3.63, 3.8) is 0 Å². The van der Waals surface area contributed by atoms with Crippen molar-refractivity contribution in [2.75, 3.05) is 32.7 Å². The molecule has 5 rings (SSSR count). The van der Waals surface area contributed by atoms with Crippen molar-refractivity contribution in [2.24, 2.45) is 5.92 Å². The van der Waals surface area contributed by atoms with E-state index in [1.54, 1.807) is 6.07 Å². The maximum atomic E-state index is 12.9. The molecule has 0 bridgehead atoms. The Morgan fingerprint density at radius 1 is 1.00 bits per heavy atom. The third kappa shape index (κ3) is 4.21. The number of carbonyl (C=O) groups excluding carboxylic acids is 1. The van der Waals surface area contributed by atoms with Crippen LogP contribution in [-0.4, -0.2) is 70.5 Å². The highest BCUT2D eigenvalue weighted by Crippen LogP contribution is 2.35. The first-order chi connectivity index (χ1) is 15.1. The van der Waals surface area contributed by atoms with E-state index in [0.29, 0.717) is 17.6 Å². The molecule has 3 aliphatic rings. The summed E-state index contributed by atoms with van der Waals surface area (Å²) in [5.41, 5.74) is 2.81. The quantitative estimate of drug-likeness (QED) is 0.824. The van der Waals surface area contributed by atoms with E-state index in [1.165, 1.54) is 31.6 Å². The third-order valence-electron chi connectivity index (χ3n) is 7.64. The van der Waals surface area contributed by atoms with Gasteiger partial charge in [0.2, 0.25) is 0 Å². The van der Waals surface area contributed by atoms with Gasteiger partial charge < -0.3 is 10.0 Å². The van der Waals surface area contributed by atoms with E-state index in [1.807, 2.05) is 24.0 Å². The van der Waals surface area contributed by atoms with E-state index in [-0.39, 0.29) is 11.7 Å². The van der Waals surface area contributed by atoms with Crippen molar-refractivity contribution in [3.05, 3.63) is 65.2 Å². The Kier molecular flexibility index (Phi) is 5.72. The number of carbonyl (C=O) groups is 1. The molecule has 2 aromatic carbocycles. The highest BCUT2D eigenvalue weighted by atomic mass is 16.3. The molecule has 2 unspecified atom stereocenters. The maximum absolute atomic E-state index is 12.9. The van der Waals surface area contributed by atoms with Crippen LogP contribution in [0, 0.1) is 12.8 Å². The second kappa shape index (κ2) is 8.64. The number of nitrogens with zero attached hydrogens (tertiary/aromatic N) is 3. The Hall–Kier alpha value is -2.37. The van der Waals surface area contributed by atoms with Crippen LogP contribution in [0.3, 0.4) is 0 Å². The van der Waals surface area contributed by atoms with Gasteiger partial charge in [0.25, 0.3) is 5.91 Å². The molecular formula is C26H33N3O2. The number of aromatic hydroxyl groups is 1. The van der Waals surface area contributed by atoms with Crippen molar-refractivity contribution >= 4 is 5.91 Å². The molecule has 0 radical (unpaired) electrons. The van der Waals surface area contributed by atoms with Gasteiger partial charge in [0.15, 0.2) is 0 Å². The summed E-state index contributed by atoms with van der Waals surface area (Å²) in [4.78, 5) is 20.2. The second-order valence-corrected chi connectivity index (χ2v) is 9.55. The lowest BCUT2D eigenvalue weighted by atomic mass is 10.0. The number of phenolic OH excluding ortho intramolecular Hbond substituents is 1. The van der Waals surface area contributed by atoms with Crippen molar-refractivity contribution in [1.29, 1.82) is 0 Å². The van der Waals surface area contributed by atoms with Gasteiger partial charge in [-0.15, -0.1) is 0 Å². The maximum Gasteiger partial charge on any atom is 0.253 e. The molecule has 5 nitrogen and oxygen atoms in total. The Bertz CT molecular complexity index is 924. The molecule has 3 aliphatic heterocycles. The molecule has 5 heteroatoms. The first kappa shape index (κ1) is 20.5. The fourth-order valence-electron chi connectivity index (χ4n) is 5.75. The minimum atomic E-state index is 0.0427. The molecule has 164 valence electrons. The van der Waals surface area contributed by atoms with E-state index >= 15 is 0 Å². The van der Waals surface area contributed by atoms with Crippen LogP contribution in [0.15, 0.2) is 48.5 Å². The Balaban J connectivity index is 1.15. The van der Waals surface area contributed by atoms with Gasteiger partial charge in [-0.3, -0.25) is 14.6 Å². The number of fused-ring (bicyclic) bond motifs is 1. The average Bonchev–Trinajstić information content (AvgIpc) is 3.38. The van der Waals surface area contributed by atoms with E-state index < -0.39 is 0 Å². The number of benzene rings is 2. The largest absolute Gasteiger partial charge is 0.508 e. The lowest BCUT2D eigenvalue weighted by Crippen LogP contribution is -2.47. The minimum absolute atomic E-state index is 0.0427. The van der Waals surface area contributed by atoms with Crippen LogP contribution in [0.1, 0.15) is 40.7 Å². The Morgan fingerprint density at radius 2 is 1.77 bits per heavy atom. The number of rotatable bonds is 4. The first-order valence-corrected chi connectivity index (χ1v) is 11.7. The highest BCUT2D eigenvalue weighted by molar-refractivity contribution is 5.94. The van der Waals surface area contributed by atoms with Crippen molar-refractivity contribution < 1.29 is 9.90 Å². The van der Waals surface area contributed by atoms with E-state index in [2.05, 4.69) is 40.1 Å². The smallest absolute Gasteiger partial charge is 0.253 e. The van der Waals surface area contributed by atoms with E-state index in [9.17, 15) is 9.90 Å². The van der Waals surface area contributed by atoms with Crippen LogP contribution in [0.4, 0.5) is 0 Å². The summed E-state index contributed by atoms with van der Waals surface area (Å²) in [6.07, 6.45) is 3.39. The molecule has 1 amide bonds. The van der Waals surface area contributed by atoms with Crippen LogP contribution in [0.2, 0.25) is 0 Å². The van der Waals surface area contributed by atoms with Crippen LogP contribution in [0.5, 0.6) is 5.75 Å². The van der Waals surface area contributed by atoms with E-state index in [4.69, 9.17) is 0 Å². The molecular weight excluding hydrogens is 386 g/mol. The van der Waals surface area contributed by atoms with Crippen LogP contribution >= 0.6 is 0 Å². The number of amides is 1. The fourth-order valence-corrected chi connectivity index (χ4v) is 5.75. The summed E-state index contributed by atoms with van der Waals surface area (Å²) in [6.45, 7) is 8.11. The van der Waals surface area contributed by atoms with Gasteiger partial charge in [0.1, 0.15) is 5.75 Å². The van der Waals surface area contributed by atoms with Gasteiger partial charge in [-0.25, -0.2) is 0 Å². The Morgan fingerprint density at radius 3 is 2.52 bits per heavy atom. The van der Waals surface area contributed by atoms with Crippen molar-refractivity contribution in [1.82, 2.24) is 14.7 Å². The molecule has 0 aromatic heterocycles. The zero-order valence-corrected chi connectivity index (χ0v) is 18.4. The summed E-state index contributed by atoms with van der Waals surface area (Å²) in [5.74, 6) is 1.03. The van der Waals surface area contributed by atoms with Crippen molar-refractivity contribution in [2.45, 2.75) is 44.8 Å². The predicted octanol–water partition coefficient (Wildman–Crippen LogP) is 3.51. The molecule has 3 heterocycles. The number of hydrogen-bond donors (Lipinski definition) is 1. The number of phenols is 1. The summed E-state index contributed by atoms with van der Waals surface area (Å²) in [5, 5.41) is 9.94. The summed E-state index contributed by atoms with van der Waals surface area (Å²) in [6, 6.07) is 17.3. The predicted molar refractivity (Wildman–Crippen MR) is 122 cm³/mol. The normalized spacial score (nSPS) is 25.1. The lowest BCUT2D eigenvalue weighted by molar-refractivity contribution is 0.0630. The molecule has 1 N–H and O–H groups in total. The van der Waals surface area contributed by atoms with Gasteiger partial charge >= 0.3 is 0 Å². The summed E-state index contributed by atoms with van der Waals surface area (Å²) >= 11 is 0. The number of likely N-dealkylation sites (tertiary alicyclic amines) is 3. The van der Waals surface area contributed by atoms with Gasteiger partial charge in [-0.05, 0) is 61.9 Å². The van der Waals surface area contributed by atoms with Crippen LogP contribution in [-0.2, 0) is 6.54 Å². The monoisotopic (exact) mass is 419 g/mol. The minimum Gasteiger partial charge on any atom is -0.508 e. The van der Waals surface area contributed by atoms with E-state index in [0.717, 1.165) is 44.0 Å². The number of aryl methyl sites for hydroxylation is 1. The lowest BCUT2D eigenvalue weighted by Gasteiger charge is -2.37. The van der Waals surface area contributed by atoms with Gasteiger partial charge in [0.05, 0.1) is 0 Å². The second-order valence-electron chi connectivity index (χ2n) is 9.55.